The highest BCUT2D eigenvalue weighted by Gasteiger charge is 2.17. The van der Waals surface area contributed by atoms with E-state index in [4.69, 9.17) is 11.6 Å². The molecule has 0 amide bonds. The fraction of sp³-hybridized carbons (Fsp3) is 0.222. The largest absolute Gasteiger partial charge is 0.332 e. The predicted molar refractivity (Wildman–Crippen MR) is 64.7 cm³/mol. The third-order valence-corrected chi connectivity index (χ3v) is 3.17. The van der Waals surface area contributed by atoms with Gasteiger partial charge in [-0.05, 0) is 0 Å². The number of aryl methyl sites for hydroxylation is 1. The third-order valence-electron chi connectivity index (χ3n) is 2.80. The number of hydrogen-bond acceptors (Lipinski definition) is 5. The number of aromatic amines is 1. The van der Waals surface area contributed by atoms with Crippen LogP contribution in [0.25, 0.3) is 22.2 Å². The minimum absolute atomic E-state index is 0.139. The molecule has 0 radical (unpaired) electrons. The van der Waals surface area contributed by atoms with E-state index < -0.39 is 11.2 Å². The summed E-state index contributed by atoms with van der Waals surface area (Å²) in [5, 5.41) is 10.3. The quantitative estimate of drug-likeness (QED) is 0.595. The molecule has 3 rings (SSSR count). The lowest BCUT2D eigenvalue weighted by atomic mass is 10.3. The summed E-state index contributed by atoms with van der Waals surface area (Å²) in [5.41, 5.74) is -0.223. The summed E-state index contributed by atoms with van der Waals surface area (Å²) < 4.78 is 2.22. The number of aromatic nitrogens is 6. The molecule has 3 heterocycles. The van der Waals surface area contributed by atoms with Crippen molar-refractivity contribution in [1.29, 1.82) is 0 Å². The predicted octanol–water partition coefficient (Wildman–Crippen LogP) is -0.443. The molecule has 0 saturated carbocycles. The van der Waals surface area contributed by atoms with Gasteiger partial charge in [0.25, 0.3) is 5.56 Å². The molecule has 0 unspecified atom stereocenters. The standard InChI is InChI=1S/C9H7ClN6O2/c1-15-7-3(8(17)16(2)9(15)18)4(10)5-6(11-7)13-14-12-5/h1-2H3,(H,11,12,13,14). The number of fused-ring (bicyclic) bond motifs is 2. The second-order valence-electron chi connectivity index (χ2n) is 3.83. The maximum absolute atomic E-state index is 12.1. The second-order valence-corrected chi connectivity index (χ2v) is 4.20. The molecule has 0 bridgehead atoms. The minimum atomic E-state index is -0.504. The first-order valence-electron chi connectivity index (χ1n) is 4.98. The van der Waals surface area contributed by atoms with E-state index in [0.29, 0.717) is 5.52 Å². The Morgan fingerprint density at radius 3 is 2.61 bits per heavy atom. The van der Waals surface area contributed by atoms with Gasteiger partial charge < -0.3 is 0 Å². The number of nitrogens with one attached hydrogen (secondary N) is 1. The van der Waals surface area contributed by atoms with Crippen molar-refractivity contribution < 1.29 is 0 Å². The number of H-pyrrole nitrogens is 1. The first-order valence-corrected chi connectivity index (χ1v) is 5.36. The van der Waals surface area contributed by atoms with Crippen LogP contribution in [-0.4, -0.2) is 29.5 Å². The molecule has 0 aromatic carbocycles. The van der Waals surface area contributed by atoms with Crippen molar-refractivity contribution in [2.75, 3.05) is 0 Å². The molecule has 1 N–H and O–H groups in total. The van der Waals surface area contributed by atoms with Crippen molar-refractivity contribution >= 4 is 33.8 Å². The van der Waals surface area contributed by atoms with Crippen LogP contribution in [0.5, 0.6) is 0 Å². The lowest BCUT2D eigenvalue weighted by molar-refractivity contribution is 0.708. The van der Waals surface area contributed by atoms with Crippen LogP contribution < -0.4 is 11.2 Å². The molecule has 9 heteroatoms. The molecule has 8 nitrogen and oxygen atoms in total. The van der Waals surface area contributed by atoms with E-state index >= 15 is 0 Å². The molecule has 0 fully saturated rings. The summed E-state index contributed by atoms with van der Waals surface area (Å²) >= 11 is 6.13. The zero-order valence-corrected chi connectivity index (χ0v) is 10.2. The van der Waals surface area contributed by atoms with E-state index in [1.54, 1.807) is 0 Å². The highest BCUT2D eigenvalue weighted by Crippen LogP contribution is 2.24. The molecule has 92 valence electrons. The van der Waals surface area contributed by atoms with Gasteiger partial charge in [0.05, 0.1) is 5.02 Å². The van der Waals surface area contributed by atoms with Crippen LogP contribution >= 0.6 is 11.6 Å². The van der Waals surface area contributed by atoms with Gasteiger partial charge in [-0.3, -0.25) is 13.9 Å². The first-order chi connectivity index (χ1) is 8.52. The summed E-state index contributed by atoms with van der Waals surface area (Å²) in [5.74, 6) is 0. The third kappa shape index (κ3) is 1.17. The fourth-order valence-corrected chi connectivity index (χ4v) is 2.12. The fourth-order valence-electron chi connectivity index (χ4n) is 1.83. The summed E-state index contributed by atoms with van der Waals surface area (Å²) in [6, 6.07) is 0. The van der Waals surface area contributed by atoms with Crippen LogP contribution in [0.3, 0.4) is 0 Å². The molecule has 0 aliphatic carbocycles. The van der Waals surface area contributed by atoms with E-state index in [-0.39, 0.29) is 21.7 Å². The Morgan fingerprint density at radius 2 is 1.89 bits per heavy atom. The lowest BCUT2D eigenvalue weighted by Crippen LogP contribution is -2.37. The smallest absolute Gasteiger partial charge is 0.280 e. The summed E-state index contributed by atoms with van der Waals surface area (Å²) in [7, 11) is 2.90. The Hall–Kier alpha value is -2.22. The van der Waals surface area contributed by atoms with E-state index in [0.717, 1.165) is 4.57 Å². The zero-order chi connectivity index (χ0) is 13.0. The van der Waals surface area contributed by atoms with Gasteiger partial charge in [0.2, 0.25) is 5.65 Å². The van der Waals surface area contributed by atoms with Gasteiger partial charge in [-0.1, -0.05) is 11.6 Å². The number of pyridine rings is 1. The summed E-state index contributed by atoms with van der Waals surface area (Å²) in [6.07, 6.45) is 0. The zero-order valence-electron chi connectivity index (χ0n) is 9.43. The monoisotopic (exact) mass is 266 g/mol. The number of halogens is 1. The average Bonchev–Trinajstić information content (AvgIpc) is 2.82. The van der Waals surface area contributed by atoms with Gasteiger partial charge >= 0.3 is 5.69 Å². The van der Waals surface area contributed by atoms with Crippen molar-refractivity contribution in [3.8, 4) is 0 Å². The summed E-state index contributed by atoms with van der Waals surface area (Å²) in [6.45, 7) is 0. The van der Waals surface area contributed by atoms with Gasteiger partial charge in [0, 0.05) is 14.1 Å². The number of hydrogen-bond donors (Lipinski definition) is 1. The number of nitrogens with zero attached hydrogens (tertiary/aromatic N) is 5. The molecule has 0 aliphatic heterocycles. The molecule has 0 aliphatic rings. The summed E-state index contributed by atoms with van der Waals surface area (Å²) in [4.78, 5) is 28.0. The normalized spacial score (nSPS) is 11.5. The molecule has 0 saturated heterocycles. The van der Waals surface area contributed by atoms with E-state index in [2.05, 4.69) is 20.4 Å². The SMILES string of the molecule is Cn1c(=O)c2c(Cl)c3n[nH]nc3nc2n(C)c1=O. The molecular weight excluding hydrogens is 260 g/mol. The average molecular weight is 267 g/mol. The van der Waals surface area contributed by atoms with Crippen LogP contribution in [0, 0.1) is 0 Å². The molecule has 18 heavy (non-hydrogen) atoms. The topological polar surface area (TPSA) is 98.5 Å². The van der Waals surface area contributed by atoms with Crippen LogP contribution in [0.1, 0.15) is 0 Å². The van der Waals surface area contributed by atoms with Crippen molar-refractivity contribution in [3.63, 3.8) is 0 Å². The molecule has 0 atom stereocenters. The molecule has 3 aromatic heterocycles. The lowest BCUT2D eigenvalue weighted by Gasteiger charge is -2.07. The Kier molecular flexibility index (Phi) is 2.05. The van der Waals surface area contributed by atoms with Gasteiger partial charge in [0.1, 0.15) is 5.39 Å². The van der Waals surface area contributed by atoms with Gasteiger partial charge in [-0.25, -0.2) is 9.78 Å². The van der Waals surface area contributed by atoms with Crippen LogP contribution in [-0.2, 0) is 14.1 Å². The maximum atomic E-state index is 12.1. The van der Waals surface area contributed by atoms with Crippen LogP contribution in [0.15, 0.2) is 9.59 Å². The van der Waals surface area contributed by atoms with Crippen molar-refractivity contribution in [2.24, 2.45) is 14.1 Å². The van der Waals surface area contributed by atoms with Gasteiger partial charge in [-0.15, -0.1) is 5.10 Å². The Morgan fingerprint density at radius 1 is 1.17 bits per heavy atom. The maximum Gasteiger partial charge on any atom is 0.332 e. The van der Waals surface area contributed by atoms with Crippen molar-refractivity contribution in [1.82, 2.24) is 29.5 Å². The van der Waals surface area contributed by atoms with E-state index in [1.807, 2.05) is 0 Å². The second kappa shape index (κ2) is 3.39. The highest BCUT2D eigenvalue weighted by molar-refractivity contribution is 6.39. The van der Waals surface area contributed by atoms with Crippen molar-refractivity contribution in [2.45, 2.75) is 0 Å². The van der Waals surface area contributed by atoms with Crippen molar-refractivity contribution in [3.05, 3.63) is 25.9 Å². The van der Waals surface area contributed by atoms with E-state index in [9.17, 15) is 9.59 Å². The minimum Gasteiger partial charge on any atom is -0.280 e. The Labute approximate surface area is 104 Å². The highest BCUT2D eigenvalue weighted by atomic mass is 35.5. The molecule has 0 spiro atoms. The first kappa shape index (κ1) is 10.9. The Balaban J connectivity index is 2.77. The molecule has 3 aromatic rings. The van der Waals surface area contributed by atoms with Crippen LogP contribution in [0.4, 0.5) is 0 Å². The van der Waals surface area contributed by atoms with Gasteiger partial charge in [-0.2, -0.15) is 10.3 Å². The number of rotatable bonds is 0. The van der Waals surface area contributed by atoms with E-state index in [1.165, 1.54) is 18.7 Å². The van der Waals surface area contributed by atoms with Crippen LogP contribution in [0.2, 0.25) is 5.02 Å². The Bertz CT molecular complexity index is 905. The molecular formula is C9H7ClN6O2. The van der Waals surface area contributed by atoms with Gasteiger partial charge in [0.15, 0.2) is 11.2 Å².